The molecule has 0 bridgehead atoms. The Morgan fingerprint density at radius 2 is 1.33 bits per heavy atom. The van der Waals surface area contributed by atoms with Gasteiger partial charge in [0.1, 0.15) is 0 Å². The Bertz CT molecular complexity index is 351. The largest absolute Gasteiger partial charge is 0.281 e. The van der Waals surface area contributed by atoms with Crippen molar-refractivity contribution >= 4 is 10.2 Å². The van der Waals surface area contributed by atoms with Crippen molar-refractivity contribution in [2.24, 2.45) is 11.8 Å². The number of nitrogens with zero attached hydrogens (tertiary/aromatic N) is 2. The average molecular weight is 274 g/mol. The van der Waals surface area contributed by atoms with Crippen LogP contribution < -0.4 is 0 Å². The van der Waals surface area contributed by atoms with Crippen LogP contribution in [0.1, 0.15) is 46.0 Å². The zero-order valence-electron chi connectivity index (χ0n) is 11.6. The predicted molar refractivity (Wildman–Crippen MR) is 73.5 cm³/mol. The molecule has 0 aliphatic carbocycles. The molecule has 0 radical (unpaired) electrons. The van der Waals surface area contributed by atoms with Crippen molar-refractivity contribution in [3.63, 3.8) is 0 Å². The summed E-state index contributed by atoms with van der Waals surface area (Å²) in [7, 11) is -3.21. The topological polar surface area (TPSA) is 40.6 Å². The summed E-state index contributed by atoms with van der Waals surface area (Å²) in [4.78, 5) is 0. The third-order valence-electron chi connectivity index (χ3n) is 4.05. The first-order chi connectivity index (χ1) is 8.50. The van der Waals surface area contributed by atoms with Gasteiger partial charge in [0.2, 0.25) is 0 Å². The highest BCUT2D eigenvalue weighted by atomic mass is 32.2. The van der Waals surface area contributed by atoms with E-state index < -0.39 is 10.2 Å². The summed E-state index contributed by atoms with van der Waals surface area (Å²) in [5.41, 5.74) is 0. The minimum absolute atomic E-state index is 0.482. The zero-order chi connectivity index (χ0) is 13.2. The molecule has 0 aromatic carbocycles. The van der Waals surface area contributed by atoms with E-state index in [1.54, 1.807) is 8.61 Å². The fourth-order valence-electron chi connectivity index (χ4n) is 3.23. The Morgan fingerprint density at radius 1 is 0.833 bits per heavy atom. The molecule has 2 atom stereocenters. The van der Waals surface area contributed by atoms with Crippen LogP contribution in [0.2, 0.25) is 0 Å². The molecule has 18 heavy (non-hydrogen) atoms. The van der Waals surface area contributed by atoms with Crippen LogP contribution in [0.5, 0.6) is 0 Å². The maximum Gasteiger partial charge on any atom is 0.281 e. The van der Waals surface area contributed by atoms with Gasteiger partial charge >= 0.3 is 0 Å². The molecular weight excluding hydrogens is 248 g/mol. The molecule has 106 valence electrons. The number of piperidine rings is 1. The third kappa shape index (κ3) is 3.25. The van der Waals surface area contributed by atoms with Gasteiger partial charge in [0.15, 0.2) is 0 Å². The molecule has 0 aromatic heterocycles. The quantitative estimate of drug-likeness (QED) is 0.773. The molecule has 0 aromatic rings. The summed E-state index contributed by atoms with van der Waals surface area (Å²) in [6.45, 7) is 7.12. The van der Waals surface area contributed by atoms with Crippen LogP contribution in [0.4, 0.5) is 0 Å². The van der Waals surface area contributed by atoms with E-state index in [2.05, 4.69) is 13.8 Å². The third-order valence-corrected chi connectivity index (χ3v) is 6.02. The van der Waals surface area contributed by atoms with Crippen molar-refractivity contribution < 1.29 is 8.42 Å². The predicted octanol–water partition coefficient (Wildman–Crippen LogP) is 2.09. The van der Waals surface area contributed by atoms with E-state index in [1.807, 2.05) is 0 Å². The molecule has 2 unspecified atom stereocenters. The molecule has 0 spiro atoms. The van der Waals surface area contributed by atoms with Gasteiger partial charge in [0.05, 0.1) is 0 Å². The highest BCUT2D eigenvalue weighted by Gasteiger charge is 2.34. The summed E-state index contributed by atoms with van der Waals surface area (Å²) in [5.74, 6) is 0.964. The van der Waals surface area contributed by atoms with Crippen LogP contribution in [0.15, 0.2) is 0 Å². The van der Waals surface area contributed by atoms with Crippen molar-refractivity contribution in [1.82, 2.24) is 8.61 Å². The molecule has 2 heterocycles. The number of rotatable bonds is 2. The maximum atomic E-state index is 12.6. The first-order valence-corrected chi connectivity index (χ1v) is 8.65. The zero-order valence-corrected chi connectivity index (χ0v) is 12.5. The van der Waals surface area contributed by atoms with E-state index in [9.17, 15) is 8.42 Å². The Labute approximate surface area is 112 Å². The lowest BCUT2D eigenvalue weighted by Gasteiger charge is -2.37. The van der Waals surface area contributed by atoms with Crippen LogP contribution >= 0.6 is 0 Å². The molecule has 2 fully saturated rings. The molecule has 0 amide bonds. The highest BCUT2D eigenvalue weighted by Crippen LogP contribution is 2.25. The minimum atomic E-state index is -3.21. The first kappa shape index (κ1) is 14.3. The fourth-order valence-corrected chi connectivity index (χ4v) is 5.16. The lowest BCUT2D eigenvalue weighted by Crippen LogP contribution is -2.49. The molecule has 0 saturated carbocycles. The molecule has 0 N–H and O–H groups in total. The van der Waals surface area contributed by atoms with Gasteiger partial charge in [-0.1, -0.05) is 26.7 Å². The second kappa shape index (κ2) is 5.88. The van der Waals surface area contributed by atoms with Crippen LogP contribution in [0.25, 0.3) is 0 Å². The number of hydrogen-bond acceptors (Lipinski definition) is 2. The van der Waals surface area contributed by atoms with Crippen molar-refractivity contribution in [1.29, 1.82) is 0 Å². The van der Waals surface area contributed by atoms with Crippen LogP contribution in [-0.2, 0) is 10.2 Å². The van der Waals surface area contributed by atoms with Gasteiger partial charge in [-0.3, -0.25) is 0 Å². The molecule has 5 heteroatoms. The molecule has 4 nitrogen and oxygen atoms in total. The smallest absolute Gasteiger partial charge is 0.195 e. The van der Waals surface area contributed by atoms with Gasteiger partial charge in [-0.05, 0) is 31.1 Å². The SMILES string of the molecule is CC1CC(C)CN(S(=O)(=O)N2CCCCCC2)C1. The van der Waals surface area contributed by atoms with Gasteiger partial charge < -0.3 is 0 Å². The number of hydrogen-bond donors (Lipinski definition) is 0. The van der Waals surface area contributed by atoms with Crippen LogP contribution in [0, 0.1) is 11.8 Å². The fraction of sp³-hybridized carbons (Fsp3) is 1.00. The second-order valence-electron chi connectivity index (χ2n) is 6.08. The maximum absolute atomic E-state index is 12.6. The minimum Gasteiger partial charge on any atom is -0.195 e. The van der Waals surface area contributed by atoms with E-state index in [0.29, 0.717) is 38.0 Å². The summed E-state index contributed by atoms with van der Waals surface area (Å²) >= 11 is 0. The first-order valence-electron chi connectivity index (χ1n) is 7.25. The molecule has 2 saturated heterocycles. The molecule has 2 aliphatic rings. The van der Waals surface area contributed by atoms with E-state index in [-0.39, 0.29) is 0 Å². The second-order valence-corrected chi connectivity index (χ2v) is 8.01. The van der Waals surface area contributed by atoms with E-state index >= 15 is 0 Å². The summed E-state index contributed by atoms with van der Waals surface area (Å²) in [6, 6.07) is 0. The van der Waals surface area contributed by atoms with Gasteiger partial charge in [0, 0.05) is 26.2 Å². The van der Waals surface area contributed by atoms with Crippen molar-refractivity contribution in [2.45, 2.75) is 46.0 Å². The van der Waals surface area contributed by atoms with Gasteiger partial charge in [-0.15, -0.1) is 0 Å². The Morgan fingerprint density at radius 3 is 1.83 bits per heavy atom. The van der Waals surface area contributed by atoms with Crippen LogP contribution in [-0.4, -0.2) is 43.2 Å². The molecule has 2 aliphatic heterocycles. The Kier molecular flexibility index (Phi) is 4.67. The van der Waals surface area contributed by atoms with Gasteiger partial charge in [-0.25, -0.2) is 0 Å². The Hall–Kier alpha value is -0.130. The van der Waals surface area contributed by atoms with E-state index in [4.69, 9.17) is 0 Å². The summed E-state index contributed by atoms with van der Waals surface area (Å²) in [6.07, 6.45) is 5.50. The van der Waals surface area contributed by atoms with Crippen molar-refractivity contribution in [3.05, 3.63) is 0 Å². The van der Waals surface area contributed by atoms with Crippen molar-refractivity contribution in [2.75, 3.05) is 26.2 Å². The standard InChI is InChI=1S/C13H26N2O2S/c1-12-9-13(2)11-15(10-12)18(16,17)14-7-5-3-4-6-8-14/h12-13H,3-11H2,1-2H3. The monoisotopic (exact) mass is 274 g/mol. The Balaban J connectivity index is 2.08. The molecule has 2 rings (SSSR count). The highest BCUT2D eigenvalue weighted by molar-refractivity contribution is 7.86. The lowest BCUT2D eigenvalue weighted by atomic mass is 9.94. The lowest BCUT2D eigenvalue weighted by molar-refractivity contribution is 0.209. The van der Waals surface area contributed by atoms with Gasteiger partial charge in [0.25, 0.3) is 10.2 Å². The van der Waals surface area contributed by atoms with Gasteiger partial charge in [-0.2, -0.15) is 17.0 Å². The molecular formula is C13H26N2O2S. The van der Waals surface area contributed by atoms with Crippen molar-refractivity contribution in [3.8, 4) is 0 Å². The van der Waals surface area contributed by atoms with Crippen LogP contribution in [0.3, 0.4) is 0 Å². The van der Waals surface area contributed by atoms with E-state index in [0.717, 1.165) is 19.3 Å². The average Bonchev–Trinajstić information content (AvgIpc) is 2.56. The summed E-state index contributed by atoms with van der Waals surface area (Å²) < 4.78 is 28.7. The summed E-state index contributed by atoms with van der Waals surface area (Å²) in [5, 5.41) is 0. The normalized spacial score (nSPS) is 33.2. The van der Waals surface area contributed by atoms with E-state index in [1.165, 1.54) is 12.8 Å².